The Hall–Kier alpha value is -3.48. The van der Waals surface area contributed by atoms with Gasteiger partial charge in [0.2, 0.25) is 0 Å². The number of alkyl carbamates (subject to hydrolysis) is 1. The van der Waals surface area contributed by atoms with E-state index in [9.17, 15) is 19.2 Å². The van der Waals surface area contributed by atoms with Gasteiger partial charge in [-0.25, -0.2) is 9.18 Å². The molecule has 0 spiro atoms. The van der Waals surface area contributed by atoms with Crippen LogP contribution in [-0.4, -0.2) is 90.7 Å². The van der Waals surface area contributed by atoms with Crippen molar-refractivity contribution in [3.8, 4) is 6.07 Å². The van der Waals surface area contributed by atoms with Crippen molar-refractivity contribution in [1.29, 1.82) is 5.26 Å². The number of nitrogens with one attached hydrogen (secondary N) is 1. The maximum atomic E-state index is 13.8. The molecule has 9 heteroatoms. The first-order valence-corrected chi connectivity index (χ1v) is 16.5. The minimum Gasteiger partial charge on any atom is -0.444 e. The van der Waals surface area contributed by atoms with Crippen LogP contribution in [-0.2, 0) is 17.6 Å². The largest absolute Gasteiger partial charge is 0.444 e. The van der Waals surface area contributed by atoms with E-state index in [1.54, 1.807) is 11.0 Å². The van der Waals surface area contributed by atoms with Gasteiger partial charge in [0.05, 0.1) is 11.6 Å². The van der Waals surface area contributed by atoms with E-state index in [0.29, 0.717) is 23.7 Å². The second kappa shape index (κ2) is 14.3. The maximum absolute atomic E-state index is 13.8. The van der Waals surface area contributed by atoms with Crippen molar-refractivity contribution in [3.05, 3.63) is 70.0 Å². The number of aryl methyl sites for hydroxylation is 1. The normalized spacial score (nSPS) is 18.8. The standard InChI is InChI=1S/C36H48FN5O3/c1-36(2,3)45-35(44)39-30-14-17-42(18-15-30)31-23-41(24-31)16-13-28(26-9-11-29(37)12-10-26)22-40(4)34(43)33-20-25(21-38)19-27-7-5-6-8-32(27)33/h9-12,19-20,28,30-31H,5-8,13-18,22-24H2,1-4H3,(H,39,44)/t28-/m1/s1. The van der Waals surface area contributed by atoms with E-state index in [1.165, 1.54) is 12.1 Å². The molecular weight excluding hydrogens is 569 g/mol. The van der Waals surface area contributed by atoms with Crippen molar-refractivity contribution in [2.45, 2.75) is 89.3 Å². The Morgan fingerprint density at radius 2 is 1.80 bits per heavy atom. The smallest absolute Gasteiger partial charge is 0.407 e. The minimum absolute atomic E-state index is 0.0501. The van der Waals surface area contributed by atoms with Gasteiger partial charge in [-0.3, -0.25) is 9.69 Å². The molecule has 0 radical (unpaired) electrons. The average molecular weight is 618 g/mol. The molecule has 0 bridgehead atoms. The number of fused-ring (bicyclic) bond motifs is 1. The molecule has 2 saturated heterocycles. The fourth-order valence-electron chi connectivity index (χ4n) is 7.02. The summed E-state index contributed by atoms with van der Waals surface area (Å²) in [5, 5.41) is 12.6. The van der Waals surface area contributed by atoms with E-state index in [0.717, 1.165) is 94.4 Å². The van der Waals surface area contributed by atoms with Crippen molar-refractivity contribution < 1.29 is 18.7 Å². The lowest BCUT2D eigenvalue weighted by Crippen LogP contribution is -2.61. The summed E-state index contributed by atoms with van der Waals surface area (Å²) in [6.45, 7) is 11.0. The number of rotatable bonds is 9. The number of hydrogen-bond acceptors (Lipinski definition) is 6. The number of halogens is 1. The highest BCUT2D eigenvalue weighted by Gasteiger charge is 2.35. The monoisotopic (exact) mass is 617 g/mol. The molecule has 2 fully saturated rings. The molecule has 242 valence electrons. The Kier molecular flexibility index (Phi) is 10.5. The zero-order valence-corrected chi connectivity index (χ0v) is 27.3. The molecule has 3 aliphatic rings. The number of nitrogens with zero attached hydrogens (tertiary/aromatic N) is 4. The second-order valence-electron chi connectivity index (χ2n) is 14.1. The van der Waals surface area contributed by atoms with Gasteiger partial charge in [0, 0.05) is 63.3 Å². The highest BCUT2D eigenvalue weighted by atomic mass is 19.1. The fraction of sp³-hybridized carbons (Fsp3) is 0.583. The number of likely N-dealkylation sites (tertiary alicyclic amines) is 2. The van der Waals surface area contributed by atoms with E-state index in [1.807, 2.05) is 46.0 Å². The quantitative estimate of drug-likeness (QED) is 0.400. The van der Waals surface area contributed by atoms with Crippen molar-refractivity contribution in [3.63, 3.8) is 0 Å². The number of benzene rings is 2. The van der Waals surface area contributed by atoms with Crippen LogP contribution < -0.4 is 5.32 Å². The molecule has 2 aromatic carbocycles. The molecule has 0 aromatic heterocycles. The van der Waals surface area contributed by atoms with Crippen molar-refractivity contribution in [2.75, 3.05) is 46.3 Å². The van der Waals surface area contributed by atoms with Crippen LogP contribution in [0.15, 0.2) is 36.4 Å². The summed E-state index contributed by atoms with van der Waals surface area (Å²) in [6, 6.07) is 13.3. The van der Waals surface area contributed by atoms with Crippen LogP contribution in [0, 0.1) is 17.1 Å². The summed E-state index contributed by atoms with van der Waals surface area (Å²) in [7, 11) is 1.84. The van der Waals surface area contributed by atoms with Gasteiger partial charge in [0.1, 0.15) is 11.4 Å². The molecule has 1 N–H and O–H groups in total. The number of carbonyl (C=O) groups is 2. The zero-order valence-electron chi connectivity index (χ0n) is 27.3. The lowest BCUT2D eigenvalue weighted by Gasteiger charge is -2.48. The summed E-state index contributed by atoms with van der Waals surface area (Å²) < 4.78 is 19.2. The van der Waals surface area contributed by atoms with Gasteiger partial charge >= 0.3 is 6.09 Å². The molecule has 1 atom stereocenters. The van der Waals surface area contributed by atoms with Gasteiger partial charge in [0.25, 0.3) is 5.91 Å². The summed E-state index contributed by atoms with van der Waals surface area (Å²) in [5.41, 5.74) is 3.94. The predicted octanol–water partition coefficient (Wildman–Crippen LogP) is 5.50. The molecule has 8 nitrogen and oxygen atoms in total. The summed E-state index contributed by atoms with van der Waals surface area (Å²) in [4.78, 5) is 32.7. The summed E-state index contributed by atoms with van der Waals surface area (Å²) >= 11 is 0. The van der Waals surface area contributed by atoms with E-state index < -0.39 is 5.60 Å². The zero-order chi connectivity index (χ0) is 32.1. The molecule has 2 aliphatic heterocycles. The van der Waals surface area contributed by atoms with Crippen LogP contribution in [0.4, 0.5) is 9.18 Å². The number of carbonyl (C=O) groups excluding carboxylic acids is 2. The van der Waals surface area contributed by atoms with Gasteiger partial charge in [-0.2, -0.15) is 5.26 Å². The highest BCUT2D eigenvalue weighted by molar-refractivity contribution is 5.96. The molecule has 2 amide bonds. The van der Waals surface area contributed by atoms with Gasteiger partial charge in [-0.05, 0) is 113 Å². The number of hydrogen-bond donors (Lipinski definition) is 1. The lowest BCUT2D eigenvalue weighted by molar-refractivity contribution is 0.0136. The second-order valence-corrected chi connectivity index (χ2v) is 14.1. The molecule has 2 aromatic rings. The third-order valence-corrected chi connectivity index (χ3v) is 9.51. The van der Waals surface area contributed by atoms with Crippen LogP contribution >= 0.6 is 0 Å². The first-order chi connectivity index (χ1) is 21.5. The Morgan fingerprint density at radius 1 is 1.11 bits per heavy atom. The van der Waals surface area contributed by atoms with Gasteiger partial charge in [-0.1, -0.05) is 12.1 Å². The number of nitriles is 1. The summed E-state index contributed by atoms with van der Waals surface area (Å²) in [6.07, 6.45) is 6.27. The minimum atomic E-state index is -0.496. The molecule has 2 heterocycles. The van der Waals surface area contributed by atoms with Crippen molar-refractivity contribution in [1.82, 2.24) is 20.0 Å². The van der Waals surface area contributed by atoms with Crippen molar-refractivity contribution >= 4 is 12.0 Å². The van der Waals surface area contributed by atoms with Crippen LogP contribution in [0.25, 0.3) is 0 Å². The maximum Gasteiger partial charge on any atom is 0.407 e. The molecule has 1 aliphatic carbocycles. The van der Waals surface area contributed by atoms with Crippen LogP contribution in [0.5, 0.6) is 0 Å². The predicted molar refractivity (Wildman–Crippen MR) is 173 cm³/mol. The van der Waals surface area contributed by atoms with E-state index in [-0.39, 0.29) is 29.8 Å². The highest BCUT2D eigenvalue weighted by Crippen LogP contribution is 2.29. The van der Waals surface area contributed by atoms with E-state index in [2.05, 4.69) is 21.2 Å². The van der Waals surface area contributed by atoms with Gasteiger partial charge in [0.15, 0.2) is 0 Å². The van der Waals surface area contributed by atoms with Crippen LogP contribution in [0.2, 0.25) is 0 Å². The van der Waals surface area contributed by atoms with Crippen LogP contribution in [0.1, 0.15) is 91.4 Å². The molecular formula is C36H48FN5O3. The molecule has 0 saturated carbocycles. The van der Waals surface area contributed by atoms with E-state index >= 15 is 0 Å². The van der Waals surface area contributed by atoms with Gasteiger partial charge in [-0.15, -0.1) is 0 Å². The number of ether oxygens (including phenoxy) is 1. The number of likely N-dealkylation sites (N-methyl/N-ethyl adjacent to an activating group) is 1. The SMILES string of the molecule is CN(C[C@@H](CCN1CC(N2CCC(NC(=O)OC(C)(C)C)CC2)C1)c1ccc(F)cc1)C(=O)c1cc(C#N)cc2c1CCCC2. The van der Waals surface area contributed by atoms with Gasteiger partial charge < -0.3 is 19.9 Å². The first kappa shape index (κ1) is 32.9. The van der Waals surface area contributed by atoms with E-state index in [4.69, 9.17) is 4.74 Å². The average Bonchev–Trinajstić information content (AvgIpc) is 2.98. The molecule has 0 unspecified atom stereocenters. The summed E-state index contributed by atoms with van der Waals surface area (Å²) in [5.74, 6) is -0.258. The lowest BCUT2D eigenvalue weighted by atomic mass is 9.86. The third-order valence-electron chi connectivity index (χ3n) is 9.51. The molecule has 45 heavy (non-hydrogen) atoms. The number of amides is 2. The first-order valence-electron chi connectivity index (χ1n) is 16.5. The fourth-order valence-corrected chi connectivity index (χ4v) is 7.02. The molecule has 5 rings (SSSR count). The van der Waals surface area contributed by atoms with Crippen LogP contribution in [0.3, 0.4) is 0 Å². The Morgan fingerprint density at radius 3 is 2.47 bits per heavy atom. The van der Waals surface area contributed by atoms with Crippen molar-refractivity contribution in [2.24, 2.45) is 0 Å². The Balaban J connectivity index is 1.15. The number of piperidine rings is 1. The topological polar surface area (TPSA) is 88.9 Å². The Labute approximate surface area is 267 Å². The Bertz CT molecular complexity index is 1390. The third kappa shape index (κ3) is 8.62.